The first-order valence-corrected chi connectivity index (χ1v) is 9.71. The Morgan fingerprint density at radius 2 is 1.50 bits per heavy atom. The summed E-state index contributed by atoms with van der Waals surface area (Å²) < 4.78 is 27.2. The molecule has 0 aliphatic rings. The molecule has 0 aliphatic heterocycles. The molecule has 1 aromatic rings. The van der Waals surface area contributed by atoms with Crippen LogP contribution in [0.15, 0.2) is 24.3 Å². The summed E-state index contributed by atoms with van der Waals surface area (Å²) >= 11 is 0. The number of rotatable bonds is 5. The first-order valence-electron chi connectivity index (χ1n) is 7.89. The van der Waals surface area contributed by atoms with E-state index in [4.69, 9.17) is 13.0 Å². The van der Waals surface area contributed by atoms with Gasteiger partial charge in [-0.2, -0.15) is 0 Å². The zero-order valence-corrected chi connectivity index (χ0v) is 16.3. The highest BCUT2D eigenvalue weighted by atomic mass is 32.2. The van der Waals surface area contributed by atoms with E-state index in [9.17, 15) is 4.79 Å². The van der Waals surface area contributed by atoms with Gasteiger partial charge >= 0.3 is 0 Å². The molecule has 6 nitrogen and oxygen atoms in total. The van der Waals surface area contributed by atoms with E-state index in [-0.39, 0.29) is 11.9 Å². The number of nitrogens with one attached hydrogen (secondary N) is 1. The Kier molecular flexibility index (Phi) is 9.17. The van der Waals surface area contributed by atoms with Gasteiger partial charge in [0.2, 0.25) is 5.91 Å². The monoisotopic (exact) mass is 357 g/mol. The van der Waals surface area contributed by atoms with Crippen LogP contribution in [-0.2, 0) is 14.9 Å². The Labute approximate surface area is 146 Å². The van der Waals surface area contributed by atoms with Crippen molar-refractivity contribution in [3.8, 4) is 0 Å². The van der Waals surface area contributed by atoms with E-state index in [1.807, 2.05) is 38.1 Å². The number of amides is 1. The summed E-state index contributed by atoms with van der Waals surface area (Å²) in [4.78, 5) is 14.6. The molecule has 0 radical (unpaired) electrons. The summed E-state index contributed by atoms with van der Waals surface area (Å²) in [5, 5.41) is 3.02. The van der Waals surface area contributed by atoms with Crippen LogP contribution in [0.1, 0.15) is 40.2 Å². The van der Waals surface area contributed by atoms with Crippen molar-refractivity contribution in [3.05, 3.63) is 29.8 Å². The van der Waals surface area contributed by atoms with Crippen molar-refractivity contribution in [2.24, 2.45) is 0 Å². The second-order valence-electron chi connectivity index (χ2n) is 6.32. The van der Waals surface area contributed by atoms with Gasteiger partial charge in [0.25, 0.3) is 0 Å². The molecule has 0 aromatic heterocycles. The van der Waals surface area contributed by atoms with E-state index < -0.39 is 10.1 Å². The zero-order chi connectivity index (χ0) is 19.1. The number of anilines is 1. The predicted molar refractivity (Wildman–Crippen MR) is 97.0 cm³/mol. The molecule has 0 saturated heterocycles. The molecule has 1 unspecified atom stereocenters. The third kappa shape index (κ3) is 9.00. The zero-order valence-electron chi connectivity index (χ0n) is 15.5. The van der Waals surface area contributed by atoms with E-state index in [0.717, 1.165) is 11.3 Å². The highest BCUT2D eigenvalue weighted by molar-refractivity contribution is 7.84. The number of hydrogen-bond acceptors (Lipinski definition) is 5. The van der Waals surface area contributed by atoms with Crippen LogP contribution in [0.3, 0.4) is 0 Å². The van der Waals surface area contributed by atoms with Gasteiger partial charge in [0.1, 0.15) is 0 Å². The average Bonchev–Trinajstić information content (AvgIpc) is 2.38. The first kappa shape index (κ1) is 22.6. The summed E-state index contributed by atoms with van der Waals surface area (Å²) in [5.41, 5.74) is 1.98. The van der Waals surface area contributed by atoms with E-state index in [1.54, 1.807) is 0 Å². The lowest BCUT2D eigenvalue weighted by molar-refractivity contribution is -0.122. The maximum atomic E-state index is 12.4. The van der Waals surface area contributed by atoms with Gasteiger partial charge in [0.05, 0.1) is 16.2 Å². The quantitative estimate of drug-likeness (QED) is 0.818. The van der Waals surface area contributed by atoms with Crippen LogP contribution >= 0.6 is 0 Å². The second kappa shape index (κ2) is 9.76. The summed E-state index contributed by atoms with van der Waals surface area (Å²) in [7, 11) is -3.92. The Hall–Kier alpha value is -1.44. The van der Waals surface area contributed by atoms with Gasteiger partial charge in [-0.05, 0) is 53.2 Å². The smallest absolute Gasteiger partial charge is 0.241 e. The fourth-order valence-corrected chi connectivity index (χ4v) is 2.58. The molecule has 1 amide bonds. The molecule has 1 atom stereocenters. The number of carbonyl (C=O) groups excluding carboxylic acids is 1. The summed E-state index contributed by atoms with van der Waals surface area (Å²) in [6.07, 6.45) is 0.604. The Bertz CT molecular complexity index is 611. The summed E-state index contributed by atoms with van der Waals surface area (Å²) in [6, 6.07) is 8.41. The van der Waals surface area contributed by atoms with Crippen molar-refractivity contribution in [1.29, 1.82) is 0 Å². The summed E-state index contributed by atoms with van der Waals surface area (Å²) in [6.45, 7) is 12.5. The van der Waals surface area contributed by atoms with E-state index in [2.05, 4.69) is 37.9 Å². The van der Waals surface area contributed by atoms with Gasteiger partial charge in [0.15, 0.2) is 0 Å². The molecule has 0 saturated carbocycles. The molecule has 0 fully saturated rings. The lowest BCUT2D eigenvalue weighted by Crippen LogP contribution is -2.49. The molecule has 1 N–H and O–H groups in total. The SMILES string of the molecule is CS(=O)(=O)[O-].Cc1ccccc1NC(=O)C(C)N(C(C)C)C(C)C. The normalized spacial score (nSPS) is 12.8. The van der Waals surface area contributed by atoms with Gasteiger partial charge in [-0.15, -0.1) is 0 Å². The fraction of sp³-hybridized carbons (Fsp3) is 0.588. The predicted octanol–water partition coefficient (Wildman–Crippen LogP) is 2.60. The van der Waals surface area contributed by atoms with Crippen LogP contribution in [0, 0.1) is 6.92 Å². The highest BCUT2D eigenvalue weighted by Crippen LogP contribution is 2.16. The second-order valence-corrected chi connectivity index (χ2v) is 7.73. The van der Waals surface area contributed by atoms with Crippen LogP contribution in [0.5, 0.6) is 0 Å². The van der Waals surface area contributed by atoms with Crippen LogP contribution in [0.4, 0.5) is 5.69 Å². The Morgan fingerprint density at radius 1 is 1.08 bits per heavy atom. The number of hydrogen-bond donors (Lipinski definition) is 1. The number of nitrogens with zero attached hydrogens (tertiary/aromatic N) is 1. The maximum Gasteiger partial charge on any atom is 0.241 e. The molecule has 1 rings (SSSR count). The lowest BCUT2D eigenvalue weighted by atomic mass is 10.1. The minimum atomic E-state index is -3.92. The van der Waals surface area contributed by atoms with E-state index >= 15 is 0 Å². The number of benzene rings is 1. The molecule has 7 heteroatoms. The average molecular weight is 357 g/mol. The molecule has 0 spiro atoms. The molecular weight excluding hydrogens is 328 g/mol. The van der Waals surface area contributed by atoms with Gasteiger partial charge in [0, 0.05) is 24.0 Å². The number of para-hydroxylation sites is 1. The van der Waals surface area contributed by atoms with Crippen molar-refractivity contribution in [2.45, 2.75) is 59.7 Å². The molecule has 138 valence electrons. The molecule has 0 aliphatic carbocycles. The number of carbonyl (C=O) groups is 1. The first-order chi connectivity index (χ1) is 10.8. The van der Waals surface area contributed by atoms with Crippen LogP contribution in [0.2, 0.25) is 0 Å². The third-order valence-corrected chi connectivity index (χ3v) is 3.42. The maximum absolute atomic E-state index is 12.4. The standard InChI is InChI=1S/C16H26N2O.CH4O3S/c1-11(2)18(12(3)4)14(6)16(19)17-15-10-8-7-9-13(15)5;1-5(2,3)4/h7-12,14H,1-6H3,(H,17,19);1H3,(H,2,3,4)/p-1. The highest BCUT2D eigenvalue weighted by Gasteiger charge is 2.25. The van der Waals surface area contributed by atoms with Crippen LogP contribution < -0.4 is 5.32 Å². The fourth-order valence-electron chi connectivity index (χ4n) is 2.58. The van der Waals surface area contributed by atoms with Crippen molar-refractivity contribution in [3.63, 3.8) is 0 Å². The topological polar surface area (TPSA) is 89.5 Å². The third-order valence-electron chi connectivity index (χ3n) is 3.42. The van der Waals surface area contributed by atoms with Crippen molar-refractivity contribution < 1.29 is 17.8 Å². The lowest BCUT2D eigenvalue weighted by Gasteiger charge is -2.35. The van der Waals surface area contributed by atoms with Crippen molar-refractivity contribution in [1.82, 2.24) is 4.90 Å². The van der Waals surface area contributed by atoms with Crippen LogP contribution in [-0.4, -0.2) is 48.2 Å². The Morgan fingerprint density at radius 3 is 1.88 bits per heavy atom. The van der Waals surface area contributed by atoms with Gasteiger partial charge in [-0.25, -0.2) is 8.42 Å². The largest absolute Gasteiger partial charge is 0.748 e. The molecule has 0 bridgehead atoms. The van der Waals surface area contributed by atoms with E-state index in [1.165, 1.54) is 0 Å². The van der Waals surface area contributed by atoms with E-state index in [0.29, 0.717) is 18.3 Å². The molecule has 1 aromatic carbocycles. The van der Waals surface area contributed by atoms with Gasteiger partial charge < -0.3 is 9.87 Å². The van der Waals surface area contributed by atoms with Crippen molar-refractivity contribution in [2.75, 3.05) is 11.6 Å². The van der Waals surface area contributed by atoms with Gasteiger partial charge in [-0.3, -0.25) is 9.69 Å². The molecule has 0 heterocycles. The molecular formula is C17H29N2O4S-. The number of aryl methyl sites for hydroxylation is 1. The summed E-state index contributed by atoms with van der Waals surface area (Å²) in [5.74, 6) is 0.0525. The van der Waals surface area contributed by atoms with Gasteiger partial charge in [-0.1, -0.05) is 18.2 Å². The minimum absolute atomic E-state index is 0.0525. The van der Waals surface area contributed by atoms with Crippen LogP contribution in [0.25, 0.3) is 0 Å². The molecule has 24 heavy (non-hydrogen) atoms. The Balaban J connectivity index is 0.000000922. The minimum Gasteiger partial charge on any atom is -0.748 e. The van der Waals surface area contributed by atoms with Crippen molar-refractivity contribution >= 4 is 21.7 Å².